The lowest BCUT2D eigenvalue weighted by molar-refractivity contribution is 0.0792. The molecule has 6 heteroatoms. The molecule has 0 bridgehead atoms. The maximum atomic E-state index is 12.2. The SMILES string of the molecule is CNCC1CCN(C(=O)c2cc(OC)cs2)C1.Cl. The van der Waals surface area contributed by atoms with Crippen molar-refractivity contribution in [2.75, 3.05) is 33.8 Å². The van der Waals surface area contributed by atoms with Crippen LogP contribution >= 0.6 is 23.7 Å². The molecule has 2 rings (SSSR count). The van der Waals surface area contributed by atoms with Crippen LogP contribution in [0, 0.1) is 5.92 Å². The van der Waals surface area contributed by atoms with Crippen molar-refractivity contribution >= 4 is 29.7 Å². The minimum absolute atomic E-state index is 0. The maximum absolute atomic E-state index is 12.2. The van der Waals surface area contributed by atoms with Gasteiger partial charge in [-0.05, 0) is 25.9 Å². The molecule has 1 saturated heterocycles. The first-order valence-corrected chi connectivity index (χ1v) is 6.69. The van der Waals surface area contributed by atoms with Gasteiger partial charge < -0.3 is 15.0 Å². The van der Waals surface area contributed by atoms with Crippen molar-refractivity contribution in [1.82, 2.24) is 10.2 Å². The largest absolute Gasteiger partial charge is 0.496 e. The summed E-state index contributed by atoms with van der Waals surface area (Å²) in [5.41, 5.74) is 0. The third-order valence-corrected chi connectivity index (χ3v) is 3.98. The monoisotopic (exact) mass is 290 g/mol. The van der Waals surface area contributed by atoms with Gasteiger partial charge >= 0.3 is 0 Å². The van der Waals surface area contributed by atoms with Gasteiger partial charge in [-0.1, -0.05) is 0 Å². The molecule has 4 nitrogen and oxygen atoms in total. The summed E-state index contributed by atoms with van der Waals surface area (Å²) in [6.07, 6.45) is 1.09. The molecule has 0 aliphatic carbocycles. The Kier molecular flexibility index (Phi) is 5.91. The second kappa shape index (κ2) is 6.97. The lowest BCUT2D eigenvalue weighted by Gasteiger charge is -2.15. The van der Waals surface area contributed by atoms with Crippen LogP contribution in [0.5, 0.6) is 5.75 Å². The van der Waals surface area contributed by atoms with E-state index in [0.717, 1.165) is 36.7 Å². The predicted molar refractivity (Wildman–Crippen MR) is 76.1 cm³/mol. The van der Waals surface area contributed by atoms with Crippen molar-refractivity contribution in [2.45, 2.75) is 6.42 Å². The Morgan fingerprint density at radius 1 is 1.67 bits per heavy atom. The normalized spacial score (nSPS) is 18.6. The number of nitrogens with zero attached hydrogens (tertiary/aromatic N) is 1. The zero-order valence-corrected chi connectivity index (χ0v) is 12.3. The lowest BCUT2D eigenvalue weighted by Crippen LogP contribution is -2.29. The van der Waals surface area contributed by atoms with Crippen molar-refractivity contribution < 1.29 is 9.53 Å². The number of amides is 1. The second-order valence-corrected chi connectivity index (χ2v) is 5.23. The molecule has 1 aromatic rings. The van der Waals surface area contributed by atoms with Gasteiger partial charge in [0.05, 0.1) is 12.0 Å². The van der Waals surface area contributed by atoms with Crippen LogP contribution in [-0.2, 0) is 0 Å². The smallest absolute Gasteiger partial charge is 0.264 e. The highest BCUT2D eigenvalue weighted by Gasteiger charge is 2.27. The van der Waals surface area contributed by atoms with Crippen LogP contribution in [-0.4, -0.2) is 44.6 Å². The molecular weight excluding hydrogens is 272 g/mol. The molecule has 1 aliphatic heterocycles. The first-order chi connectivity index (χ1) is 8.24. The number of hydrogen-bond acceptors (Lipinski definition) is 4. The summed E-state index contributed by atoms with van der Waals surface area (Å²) < 4.78 is 5.10. The van der Waals surface area contributed by atoms with Gasteiger partial charge in [0, 0.05) is 24.5 Å². The van der Waals surface area contributed by atoms with Gasteiger partial charge in [-0.2, -0.15) is 0 Å². The zero-order valence-electron chi connectivity index (χ0n) is 10.6. The quantitative estimate of drug-likeness (QED) is 0.920. The van der Waals surface area contributed by atoms with Crippen LogP contribution < -0.4 is 10.1 Å². The van der Waals surface area contributed by atoms with Gasteiger partial charge in [0.15, 0.2) is 0 Å². The Morgan fingerprint density at radius 3 is 3.06 bits per heavy atom. The molecule has 2 heterocycles. The number of ether oxygens (including phenoxy) is 1. The Hall–Kier alpha value is -0.780. The van der Waals surface area contributed by atoms with Gasteiger partial charge in [-0.25, -0.2) is 0 Å². The van der Waals surface area contributed by atoms with Crippen molar-refractivity contribution in [1.29, 1.82) is 0 Å². The fourth-order valence-corrected chi connectivity index (χ4v) is 2.99. The third-order valence-electron chi connectivity index (χ3n) is 3.09. The van der Waals surface area contributed by atoms with E-state index in [9.17, 15) is 4.79 Å². The van der Waals surface area contributed by atoms with E-state index in [-0.39, 0.29) is 18.3 Å². The number of rotatable bonds is 4. The van der Waals surface area contributed by atoms with E-state index in [0.29, 0.717) is 5.92 Å². The average molecular weight is 291 g/mol. The standard InChI is InChI=1S/C12H18N2O2S.ClH/c1-13-6-9-3-4-14(7-9)12(15)11-5-10(16-2)8-17-11;/h5,8-9,13H,3-4,6-7H2,1-2H3;1H. The van der Waals surface area contributed by atoms with E-state index >= 15 is 0 Å². The van der Waals surface area contributed by atoms with E-state index in [1.165, 1.54) is 11.3 Å². The van der Waals surface area contributed by atoms with Crippen LogP contribution in [0.4, 0.5) is 0 Å². The molecule has 1 N–H and O–H groups in total. The molecule has 18 heavy (non-hydrogen) atoms. The lowest BCUT2D eigenvalue weighted by atomic mass is 10.1. The molecule has 0 spiro atoms. The first kappa shape index (κ1) is 15.3. The summed E-state index contributed by atoms with van der Waals surface area (Å²) in [6, 6.07) is 1.82. The van der Waals surface area contributed by atoms with Crippen LogP contribution in [0.3, 0.4) is 0 Å². The molecular formula is C12H19ClN2O2S. The first-order valence-electron chi connectivity index (χ1n) is 5.81. The van der Waals surface area contributed by atoms with Crippen LogP contribution in [0.25, 0.3) is 0 Å². The molecule has 0 radical (unpaired) electrons. The number of thiophene rings is 1. The van der Waals surface area contributed by atoms with Gasteiger partial charge in [0.2, 0.25) is 0 Å². The Morgan fingerprint density at radius 2 is 2.44 bits per heavy atom. The molecule has 0 saturated carbocycles. The summed E-state index contributed by atoms with van der Waals surface area (Å²) in [6.45, 7) is 2.71. The summed E-state index contributed by atoms with van der Waals surface area (Å²) in [5, 5.41) is 5.04. The summed E-state index contributed by atoms with van der Waals surface area (Å²) in [4.78, 5) is 14.9. The minimum Gasteiger partial charge on any atom is -0.496 e. The number of likely N-dealkylation sites (tertiary alicyclic amines) is 1. The van der Waals surface area contributed by atoms with Gasteiger partial charge in [0.1, 0.15) is 5.75 Å². The minimum atomic E-state index is 0. The molecule has 1 aromatic heterocycles. The predicted octanol–water partition coefficient (Wildman–Crippen LogP) is 1.86. The highest BCUT2D eigenvalue weighted by Crippen LogP contribution is 2.25. The number of hydrogen-bond donors (Lipinski definition) is 1. The topological polar surface area (TPSA) is 41.6 Å². The maximum Gasteiger partial charge on any atom is 0.264 e. The van der Waals surface area contributed by atoms with Crippen molar-refractivity contribution in [2.24, 2.45) is 5.92 Å². The van der Waals surface area contributed by atoms with Gasteiger partial charge in [-0.3, -0.25) is 4.79 Å². The highest BCUT2D eigenvalue weighted by molar-refractivity contribution is 7.12. The molecule has 1 fully saturated rings. The van der Waals surface area contributed by atoms with E-state index in [4.69, 9.17) is 4.74 Å². The molecule has 1 amide bonds. The number of carbonyl (C=O) groups excluding carboxylic acids is 1. The number of nitrogens with one attached hydrogen (secondary N) is 1. The van der Waals surface area contributed by atoms with Gasteiger partial charge in [0.25, 0.3) is 5.91 Å². The van der Waals surface area contributed by atoms with E-state index in [2.05, 4.69) is 5.32 Å². The van der Waals surface area contributed by atoms with Crippen molar-refractivity contribution in [3.8, 4) is 5.75 Å². The molecule has 1 atom stereocenters. The summed E-state index contributed by atoms with van der Waals surface area (Å²) in [7, 11) is 3.57. The van der Waals surface area contributed by atoms with E-state index in [1.54, 1.807) is 7.11 Å². The number of carbonyl (C=O) groups is 1. The Balaban J connectivity index is 0.00000162. The van der Waals surface area contributed by atoms with Gasteiger partial charge in [-0.15, -0.1) is 23.7 Å². The third kappa shape index (κ3) is 3.37. The van der Waals surface area contributed by atoms with Crippen LogP contribution in [0.15, 0.2) is 11.4 Å². The van der Waals surface area contributed by atoms with Crippen LogP contribution in [0.1, 0.15) is 16.1 Å². The highest BCUT2D eigenvalue weighted by atomic mass is 35.5. The Bertz CT molecular complexity index is 397. The number of halogens is 1. The number of methoxy groups -OCH3 is 1. The van der Waals surface area contributed by atoms with Crippen molar-refractivity contribution in [3.05, 3.63) is 16.3 Å². The van der Waals surface area contributed by atoms with Crippen LogP contribution in [0.2, 0.25) is 0 Å². The van der Waals surface area contributed by atoms with E-state index < -0.39 is 0 Å². The zero-order chi connectivity index (χ0) is 12.3. The second-order valence-electron chi connectivity index (χ2n) is 4.31. The summed E-state index contributed by atoms with van der Waals surface area (Å²) >= 11 is 1.45. The van der Waals surface area contributed by atoms with Crippen molar-refractivity contribution in [3.63, 3.8) is 0 Å². The van der Waals surface area contributed by atoms with E-state index in [1.807, 2.05) is 23.4 Å². The fourth-order valence-electron chi connectivity index (χ4n) is 2.17. The molecule has 1 aliphatic rings. The fraction of sp³-hybridized carbons (Fsp3) is 0.583. The molecule has 0 aromatic carbocycles. The molecule has 1 unspecified atom stereocenters. The molecule has 102 valence electrons. The Labute approximate surface area is 118 Å². The summed E-state index contributed by atoms with van der Waals surface area (Å²) in [5.74, 6) is 1.49. The average Bonchev–Trinajstić information content (AvgIpc) is 2.97.